The molecule has 0 unspecified atom stereocenters. The molecule has 10 heteroatoms. The highest BCUT2D eigenvalue weighted by Gasteiger charge is 2.16. The van der Waals surface area contributed by atoms with Gasteiger partial charge in [-0.3, -0.25) is 14.9 Å². The normalized spacial score (nSPS) is 10.6. The molecule has 1 N–H and O–H groups in total. The first-order chi connectivity index (χ1) is 14.3. The highest BCUT2D eigenvalue weighted by molar-refractivity contribution is 6.00. The van der Waals surface area contributed by atoms with E-state index in [-0.39, 0.29) is 5.57 Å². The number of esters is 1. The minimum absolute atomic E-state index is 0.353. The molecule has 2 rings (SSSR count). The molecule has 2 aromatic carbocycles. The molecule has 0 aliphatic rings. The topological polar surface area (TPSA) is 132 Å². The molecule has 0 aromatic heterocycles. The van der Waals surface area contributed by atoms with Crippen molar-refractivity contribution in [3.8, 4) is 11.8 Å². The number of carbonyl (C=O) groups is 2. The van der Waals surface area contributed by atoms with Crippen molar-refractivity contribution in [3.63, 3.8) is 0 Å². The summed E-state index contributed by atoms with van der Waals surface area (Å²) in [7, 11) is 0. The first-order valence-electron chi connectivity index (χ1n) is 8.59. The number of hydrogen-bond donors (Lipinski definition) is 1. The minimum atomic E-state index is -1.05. The minimum Gasteiger partial charge on any atom is -0.494 e. The second-order valence-electron chi connectivity index (χ2n) is 5.72. The van der Waals surface area contributed by atoms with Gasteiger partial charge in [0, 0.05) is 12.1 Å². The number of nitriles is 1. The van der Waals surface area contributed by atoms with Gasteiger partial charge in [-0.15, -0.1) is 0 Å². The van der Waals surface area contributed by atoms with Crippen LogP contribution in [-0.4, -0.2) is 30.0 Å². The predicted molar refractivity (Wildman–Crippen MR) is 104 cm³/mol. The molecule has 0 aliphatic heterocycles. The average Bonchev–Trinajstić information content (AvgIpc) is 2.73. The number of nitrogens with one attached hydrogen (secondary N) is 1. The van der Waals surface area contributed by atoms with Crippen LogP contribution in [0.25, 0.3) is 6.08 Å². The third-order valence-electron chi connectivity index (χ3n) is 3.61. The van der Waals surface area contributed by atoms with E-state index in [0.717, 1.165) is 18.2 Å². The van der Waals surface area contributed by atoms with Crippen LogP contribution in [0, 0.1) is 27.3 Å². The number of rotatable bonds is 8. The van der Waals surface area contributed by atoms with E-state index in [4.69, 9.17) is 14.7 Å². The van der Waals surface area contributed by atoms with Gasteiger partial charge in [0.25, 0.3) is 11.6 Å². The van der Waals surface area contributed by atoms with E-state index in [1.54, 1.807) is 30.3 Å². The maximum atomic E-state index is 13.7. The van der Waals surface area contributed by atoms with Crippen LogP contribution in [0.4, 0.5) is 15.8 Å². The Labute approximate surface area is 170 Å². The number of carbonyl (C=O) groups excluding carboxylic acids is 2. The summed E-state index contributed by atoms with van der Waals surface area (Å²) in [5.74, 6) is -2.25. The Bertz CT molecular complexity index is 1030. The van der Waals surface area contributed by atoms with Gasteiger partial charge in [-0.1, -0.05) is 12.1 Å². The molecule has 0 heterocycles. The van der Waals surface area contributed by atoms with Gasteiger partial charge in [-0.05, 0) is 36.8 Å². The summed E-state index contributed by atoms with van der Waals surface area (Å²) in [5.41, 5.74) is -0.673. The van der Waals surface area contributed by atoms with Crippen LogP contribution >= 0.6 is 0 Å². The van der Waals surface area contributed by atoms with Gasteiger partial charge in [0.1, 0.15) is 23.2 Å². The highest BCUT2D eigenvalue weighted by Crippen LogP contribution is 2.21. The molecule has 0 saturated heterocycles. The number of non-ortho nitro benzene ring substituents is 1. The van der Waals surface area contributed by atoms with E-state index in [1.165, 1.54) is 6.08 Å². The Morgan fingerprint density at radius 2 is 1.97 bits per heavy atom. The van der Waals surface area contributed by atoms with Gasteiger partial charge in [0.15, 0.2) is 6.61 Å². The summed E-state index contributed by atoms with van der Waals surface area (Å²) in [6.45, 7) is 1.51. The lowest BCUT2D eigenvalue weighted by Crippen LogP contribution is -2.22. The fourth-order valence-electron chi connectivity index (χ4n) is 2.25. The monoisotopic (exact) mass is 413 g/mol. The maximum Gasteiger partial charge on any atom is 0.349 e. The number of anilines is 1. The van der Waals surface area contributed by atoms with Crippen molar-refractivity contribution in [1.82, 2.24) is 0 Å². The molecular formula is C20H16FN3O6. The third kappa shape index (κ3) is 6.13. The Balaban J connectivity index is 1.99. The smallest absolute Gasteiger partial charge is 0.349 e. The Morgan fingerprint density at radius 3 is 2.57 bits per heavy atom. The molecule has 154 valence electrons. The zero-order valence-electron chi connectivity index (χ0n) is 15.8. The van der Waals surface area contributed by atoms with E-state index in [1.807, 2.05) is 6.92 Å². The molecule has 0 saturated carbocycles. The zero-order valence-corrected chi connectivity index (χ0v) is 15.8. The van der Waals surface area contributed by atoms with Crippen LogP contribution in [0.15, 0.2) is 48.0 Å². The molecule has 0 atom stereocenters. The number of nitro benzene ring substituents is 1. The number of nitrogens with zero attached hydrogens (tertiary/aromatic N) is 2. The van der Waals surface area contributed by atoms with E-state index < -0.39 is 40.6 Å². The lowest BCUT2D eigenvalue weighted by molar-refractivity contribution is -0.384. The van der Waals surface area contributed by atoms with Gasteiger partial charge in [0.2, 0.25) is 0 Å². The molecule has 9 nitrogen and oxygen atoms in total. The molecule has 1 amide bonds. The third-order valence-corrected chi connectivity index (χ3v) is 3.61. The number of amides is 1. The molecule has 0 fully saturated rings. The Morgan fingerprint density at radius 1 is 1.27 bits per heavy atom. The number of ether oxygens (including phenoxy) is 2. The van der Waals surface area contributed by atoms with Gasteiger partial charge >= 0.3 is 5.97 Å². The molecule has 0 aliphatic carbocycles. The fourth-order valence-corrected chi connectivity index (χ4v) is 2.25. The standard InChI is InChI=1S/C20H16FN3O6/c1-2-29-16-6-3-13(4-7-16)9-14(11-22)20(26)30-12-19(25)23-18-10-15(24(27)28)5-8-17(18)21/h3-10H,2,12H2,1H3,(H,23,25)/b14-9+. The summed E-state index contributed by atoms with van der Waals surface area (Å²) >= 11 is 0. The van der Waals surface area contributed by atoms with Crippen LogP contribution in [0.1, 0.15) is 12.5 Å². The number of halogens is 1. The number of hydrogen-bond acceptors (Lipinski definition) is 7. The SMILES string of the molecule is CCOc1ccc(/C=C(\C#N)C(=O)OCC(=O)Nc2cc([N+](=O)[O-])ccc2F)cc1. The van der Waals surface area contributed by atoms with Gasteiger partial charge in [-0.2, -0.15) is 5.26 Å². The summed E-state index contributed by atoms with van der Waals surface area (Å²) < 4.78 is 23.7. The molecule has 30 heavy (non-hydrogen) atoms. The van der Waals surface area contributed by atoms with Crippen LogP contribution < -0.4 is 10.1 Å². The molecule has 0 radical (unpaired) electrons. The van der Waals surface area contributed by atoms with E-state index >= 15 is 0 Å². The first kappa shape index (κ1) is 22.0. The van der Waals surface area contributed by atoms with Crippen molar-refractivity contribution < 1.29 is 28.4 Å². The van der Waals surface area contributed by atoms with Crippen molar-refractivity contribution >= 4 is 29.3 Å². The van der Waals surface area contributed by atoms with E-state index in [0.29, 0.717) is 17.9 Å². The van der Waals surface area contributed by atoms with E-state index in [2.05, 4.69) is 5.32 Å². The van der Waals surface area contributed by atoms with Crippen molar-refractivity contribution in [1.29, 1.82) is 5.26 Å². The lowest BCUT2D eigenvalue weighted by Gasteiger charge is -2.07. The molecule has 0 spiro atoms. The first-order valence-corrected chi connectivity index (χ1v) is 8.59. The summed E-state index contributed by atoms with van der Waals surface area (Å²) in [6.07, 6.45) is 1.27. The second-order valence-corrected chi connectivity index (χ2v) is 5.72. The van der Waals surface area contributed by atoms with Crippen molar-refractivity contribution in [2.24, 2.45) is 0 Å². The van der Waals surface area contributed by atoms with Crippen LogP contribution in [0.3, 0.4) is 0 Å². The quantitative estimate of drug-likeness (QED) is 0.231. The highest BCUT2D eigenvalue weighted by atomic mass is 19.1. The largest absolute Gasteiger partial charge is 0.494 e. The summed E-state index contributed by atoms with van der Waals surface area (Å²) in [4.78, 5) is 33.9. The van der Waals surface area contributed by atoms with Crippen molar-refractivity contribution in [2.45, 2.75) is 6.92 Å². The van der Waals surface area contributed by atoms with Crippen molar-refractivity contribution in [3.05, 3.63) is 69.5 Å². The second kappa shape index (κ2) is 10.3. The molecule has 0 bridgehead atoms. The van der Waals surface area contributed by atoms with Crippen molar-refractivity contribution in [2.75, 3.05) is 18.5 Å². The van der Waals surface area contributed by atoms with Crippen LogP contribution in [-0.2, 0) is 14.3 Å². The summed E-state index contributed by atoms with van der Waals surface area (Å²) in [5, 5.41) is 22.0. The predicted octanol–water partition coefficient (Wildman–Crippen LogP) is 3.22. The number of nitro groups is 1. The molecule has 2 aromatic rings. The van der Waals surface area contributed by atoms with E-state index in [9.17, 15) is 24.1 Å². The zero-order chi connectivity index (χ0) is 22.1. The Hall–Kier alpha value is -4.26. The summed E-state index contributed by atoms with van der Waals surface area (Å²) in [6, 6.07) is 10.9. The fraction of sp³-hybridized carbons (Fsp3) is 0.150. The maximum absolute atomic E-state index is 13.7. The van der Waals surface area contributed by atoms with Crippen LogP contribution in [0.2, 0.25) is 0 Å². The van der Waals surface area contributed by atoms with Crippen LogP contribution in [0.5, 0.6) is 5.75 Å². The Kier molecular flexibility index (Phi) is 7.59. The molecular weight excluding hydrogens is 397 g/mol. The van der Waals surface area contributed by atoms with Gasteiger partial charge in [-0.25, -0.2) is 9.18 Å². The van der Waals surface area contributed by atoms with Gasteiger partial charge < -0.3 is 14.8 Å². The lowest BCUT2D eigenvalue weighted by atomic mass is 10.1. The number of benzene rings is 2. The van der Waals surface area contributed by atoms with Gasteiger partial charge in [0.05, 0.1) is 17.2 Å². The average molecular weight is 413 g/mol.